The van der Waals surface area contributed by atoms with E-state index in [-0.39, 0.29) is 6.10 Å². The van der Waals surface area contributed by atoms with E-state index in [0.717, 1.165) is 24.3 Å². The van der Waals surface area contributed by atoms with E-state index >= 15 is 0 Å². The predicted octanol–water partition coefficient (Wildman–Crippen LogP) is 1.85. The summed E-state index contributed by atoms with van der Waals surface area (Å²) in [4.78, 5) is 12.8. The van der Waals surface area contributed by atoms with Crippen molar-refractivity contribution in [3.8, 4) is 0 Å². The lowest BCUT2D eigenvalue weighted by Crippen LogP contribution is -2.38. The molecule has 1 saturated heterocycles. The summed E-state index contributed by atoms with van der Waals surface area (Å²) < 4.78 is 29.8. The Kier molecular flexibility index (Phi) is 6.18. The number of hydrogen-bond donors (Lipinski definition) is 1. The molecule has 0 aliphatic carbocycles. The van der Waals surface area contributed by atoms with E-state index in [1.807, 2.05) is 6.92 Å². The van der Waals surface area contributed by atoms with E-state index < -0.39 is 19.1 Å². The summed E-state index contributed by atoms with van der Waals surface area (Å²) in [5.41, 5.74) is 0. The average molecular weight is 250 g/mol. The molecule has 17 heavy (non-hydrogen) atoms. The Morgan fingerprint density at radius 2 is 2.35 bits per heavy atom. The molecule has 1 fully saturated rings. The van der Waals surface area contributed by atoms with Crippen LogP contribution in [0.4, 0.5) is 13.6 Å². The van der Waals surface area contributed by atoms with E-state index in [1.165, 1.54) is 0 Å². The number of hydrogen-bond acceptors (Lipinski definition) is 3. The first-order valence-corrected chi connectivity index (χ1v) is 6.08. The summed E-state index contributed by atoms with van der Waals surface area (Å²) in [5.74, 6) is 0. The van der Waals surface area contributed by atoms with Crippen LogP contribution >= 0.6 is 0 Å². The molecule has 0 radical (unpaired) electrons. The Bertz CT molecular complexity index is 234. The Hall–Kier alpha value is -0.910. The topological polar surface area (TPSA) is 41.6 Å². The lowest BCUT2D eigenvalue weighted by Gasteiger charge is -2.23. The minimum absolute atomic E-state index is 0.177. The second kappa shape index (κ2) is 7.42. The molecule has 4 nitrogen and oxygen atoms in total. The number of halogens is 2. The number of carbonyl (C=O) groups excluding carboxylic acids is 1. The van der Waals surface area contributed by atoms with E-state index in [2.05, 4.69) is 5.32 Å². The van der Waals surface area contributed by atoms with E-state index in [1.54, 1.807) is 0 Å². The number of rotatable bonds is 6. The zero-order valence-electron chi connectivity index (χ0n) is 10.1. The molecule has 1 unspecified atom stereocenters. The molecular formula is C11H20F2N2O2. The molecule has 6 heteroatoms. The maximum absolute atomic E-state index is 12.3. The van der Waals surface area contributed by atoms with Gasteiger partial charge >= 0.3 is 6.09 Å². The standard InChI is InChI=1S/C11H20F2N2O2/c1-2-3-6-15(8-10(12)13)11(16)17-9-4-5-14-7-9/h9-10,14H,2-8H2,1H3. The zero-order chi connectivity index (χ0) is 12.7. The number of ether oxygens (including phenoxy) is 1. The SMILES string of the molecule is CCCCN(CC(F)F)C(=O)OC1CCNC1. The number of amides is 1. The fourth-order valence-corrected chi connectivity index (χ4v) is 1.72. The first kappa shape index (κ1) is 14.2. The van der Waals surface area contributed by atoms with Crippen molar-refractivity contribution in [2.24, 2.45) is 0 Å². The molecule has 0 spiro atoms. The maximum Gasteiger partial charge on any atom is 0.410 e. The average Bonchev–Trinajstić information content (AvgIpc) is 2.76. The van der Waals surface area contributed by atoms with Gasteiger partial charge in [0, 0.05) is 13.1 Å². The van der Waals surface area contributed by atoms with Gasteiger partial charge in [-0.1, -0.05) is 13.3 Å². The monoisotopic (exact) mass is 250 g/mol. The van der Waals surface area contributed by atoms with Gasteiger partial charge in [-0.3, -0.25) is 0 Å². The van der Waals surface area contributed by atoms with Crippen molar-refractivity contribution in [2.45, 2.75) is 38.7 Å². The molecule has 1 atom stereocenters. The molecular weight excluding hydrogens is 230 g/mol. The highest BCUT2D eigenvalue weighted by Crippen LogP contribution is 2.09. The number of nitrogens with zero attached hydrogens (tertiary/aromatic N) is 1. The number of carbonyl (C=O) groups is 1. The van der Waals surface area contributed by atoms with Crippen LogP contribution in [0.3, 0.4) is 0 Å². The molecule has 0 bridgehead atoms. The fourth-order valence-electron chi connectivity index (χ4n) is 1.72. The fraction of sp³-hybridized carbons (Fsp3) is 0.909. The number of unbranched alkanes of at least 4 members (excludes halogenated alkanes) is 1. The van der Waals surface area contributed by atoms with Crippen LogP contribution in [0.15, 0.2) is 0 Å². The molecule has 100 valence electrons. The molecule has 1 aliphatic heterocycles. The Morgan fingerprint density at radius 1 is 1.59 bits per heavy atom. The smallest absolute Gasteiger partial charge is 0.410 e. The van der Waals surface area contributed by atoms with Gasteiger partial charge in [-0.25, -0.2) is 13.6 Å². The van der Waals surface area contributed by atoms with Crippen molar-refractivity contribution < 1.29 is 18.3 Å². The zero-order valence-corrected chi connectivity index (χ0v) is 10.1. The lowest BCUT2D eigenvalue weighted by atomic mass is 10.3. The van der Waals surface area contributed by atoms with Gasteiger partial charge in [0.1, 0.15) is 6.10 Å². The van der Waals surface area contributed by atoms with Crippen molar-refractivity contribution in [2.75, 3.05) is 26.2 Å². The van der Waals surface area contributed by atoms with Crippen molar-refractivity contribution in [3.63, 3.8) is 0 Å². The van der Waals surface area contributed by atoms with Crippen molar-refractivity contribution in [1.29, 1.82) is 0 Å². The summed E-state index contributed by atoms with van der Waals surface area (Å²) in [5, 5.41) is 3.06. The van der Waals surface area contributed by atoms with Gasteiger partial charge in [0.15, 0.2) is 0 Å². The molecule has 0 saturated carbocycles. The second-order valence-corrected chi connectivity index (χ2v) is 4.19. The van der Waals surface area contributed by atoms with Crippen LogP contribution in [-0.2, 0) is 4.74 Å². The maximum atomic E-state index is 12.3. The second-order valence-electron chi connectivity index (χ2n) is 4.19. The number of nitrogens with one attached hydrogen (secondary N) is 1. The summed E-state index contributed by atoms with van der Waals surface area (Å²) in [7, 11) is 0. The lowest BCUT2D eigenvalue weighted by molar-refractivity contribution is 0.0425. The summed E-state index contributed by atoms with van der Waals surface area (Å²) in [6.45, 7) is 3.16. The van der Waals surface area contributed by atoms with Crippen LogP contribution in [0, 0.1) is 0 Å². The Labute approximate surface area is 100 Å². The molecule has 1 amide bonds. The van der Waals surface area contributed by atoms with E-state index in [0.29, 0.717) is 19.5 Å². The molecule has 0 aromatic heterocycles. The predicted molar refractivity (Wildman–Crippen MR) is 60.2 cm³/mol. The Morgan fingerprint density at radius 3 is 2.88 bits per heavy atom. The van der Waals surface area contributed by atoms with Gasteiger partial charge in [0.25, 0.3) is 6.43 Å². The van der Waals surface area contributed by atoms with Crippen LogP contribution in [0.1, 0.15) is 26.2 Å². The third-order valence-corrected chi connectivity index (χ3v) is 2.68. The molecule has 1 heterocycles. The minimum Gasteiger partial charge on any atom is -0.445 e. The number of alkyl halides is 2. The molecule has 0 aromatic rings. The summed E-state index contributed by atoms with van der Waals surface area (Å²) in [6.07, 6.45) is -0.983. The van der Waals surface area contributed by atoms with Gasteiger partial charge in [0.2, 0.25) is 0 Å². The van der Waals surface area contributed by atoms with Crippen molar-refractivity contribution in [3.05, 3.63) is 0 Å². The molecule has 0 aromatic carbocycles. The first-order valence-electron chi connectivity index (χ1n) is 6.08. The Balaban J connectivity index is 2.39. The van der Waals surface area contributed by atoms with Crippen molar-refractivity contribution >= 4 is 6.09 Å². The van der Waals surface area contributed by atoms with Gasteiger partial charge in [-0.05, 0) is 19.4 Å². The van der Waals surface area contributed by atoms with Gasteiger partial charge in [0.05, 0.1) is 6.54 Å². The van der Waals surface area contributed by atoms with Gasteiger partial charge in [-0.15, -0.1) is 0 Å². The van der Waals surface area contributed by atoms with Crippen LogP contribution in [-0.4, -0.2) is 49.7 Å². The normalized spacial score (nSPS) is 19.6. The minimum atomic E-state index is -2.51. The largest absolute Gasteiger partial charge is 0.445 e. The van der Waals surface area contributed by atoms with Crippen LogP contribution in [0.25, 0.3) is 0 Å². The van der Waals surface area contributed by atoms with E-state index in [9.17, 15) is 13.6 Å². The highest BCUT2D eigenvalue weighted by molar-refractivity contribution is 5.67. The van der Waals surface area contributed by atoms with Gasteiger partial charge < -0.3 is 15.0 Å². The van der Waals surface area contributed by atoms with Crippen LogP contribution < -0.4 is 5.32 Å². The van der Waals surface area contributed by atoms with Gasteiger partial charge in [-0.2, -0.15) is 0 Å². The highest BCUT2D eigenvalue weighted by atomic mass is 19.3. The third kappa shape index (κ3) is 5.30. The van der Waals surface area contributed by atoms with Crippen molar-refractivity contribution in [1.82, 2.24) is 10.2 Å². The molecule has 1 N–H and O–H groups in total. The summed E-state index contributed by atoms with van der Waals surface area (Å²) in [6, 6.07) is 0. The molecule has 1 rings (SSSR count). The highest BCUT2D eigenvalue weighted by Gasteiger charge is 2.24. The summed E-state index contributed by atoms with van der Waals surface area (Å²) >= 11 is 0. The van der Waals surface area contributed by atoms with Crippen LogP contribution in [0.2, 0.25) is 0 Å². The first-order chi connectivity index (χ1) is 8.13. The van der Waals surface area contributed by atoms with Crippen LogP contribution in [0.5, 0.6) is 0 Å². The molecule has 1 aliphatic rings. The third-order valence-electron chi connectivity index (χ3n) is 2.68. The van der Waals surface area contributed by atoms with E-state index in [4.69, 9.17) is 4.74 Å². The quantitative estimate of drug-likeness (QED) is 0.782.